The van der Waals surface area contributed by atoms with Crippen molar-refractivity contribution in [2.24, 2.45) is 0 Å². The quantitative estimate of drug-likeness (QED) is 0.617. The lowest BCUT2D eigenvalue weighted by molar-refractivity contribution is 0.548. The summed E-state index contributed by atoms with van der Waals surface area (Å²) in [5, 5.41) is 9.96. The van der Waals surface area contributed by atoms with E-state index in [1.807, 2.05) is 19.1 Å². The molecule has 0 spiro atoms. The summed E-state index contributed by atoms with van der Waals surface area (Å²) in [6.07, 6.45) is 7.92. The molecule has 2 aliphatic rings. The zero-order valence-electron chi connectivity index (χ0n) is 16.0. The van der Waals surface area contributed by atoms with Crippen LogP contribution in [0.4, 0.5) is 5.95 Å². The lowest BCUT2D eigenvalue weighted by Gasteiger charge is -2.27. The van der Waals surface area contributed by atoms with Crippen LogP contribution >= 0.6 is 11.8 Å². The Morgan fingerprint density at radius 2 is 2.00 bits per heavy atom. The summed E-state index contributed by atoms with van der Waals surface area (Å²) in [7, 11) is 0. The Labute approximate surface area is 167 Å². The zero-order chi connectivity index (χ0) is 19.1. The van der Waals surface area contributed by atoms with E-state index in [2.05, 4.69) is 19.7 Å². The van der Waals surface area contributed by atoms with Crippen molar-refractivity contribution in [1.29, 1.82) is 0 Å². The van der Waals surface area contributed by atoms with Crippen LogP contribution in [0.5, 0.6) is 0 Å². The van der Waals surface area contributed by atoms with Gasteiger partial charge in [0, 0.05) is 37.1 Å². The lowest BCUT2D eigenvalue weighted by Crippen LogP contribution is -2.31. The van der Waals surface area contributed by atoms with E-state index in [1.54, 1.807) is 28.4 Å². The van der Waals surface area contributed by atoms with E-state index in [0.717, 1.165) is 41.1 Å². The maximum Gasteiger partial charge on any atom is 0.258 e. The van der Waals surface area contributed by atoms with Crippen molar-refractivity contribution in [2.75, 3.05) is 18.0 Å². The summed E-state index contributed by atoms with van der Waals surface area (Å²) >= 11 is 1.63. The number of anilines is 1. The second-order valence-corrected chi connectivity index (χ2v) is 8.63. The summed E-state index contributed by atoms with van der Waals surface area (Å²) in [6.45, 7) is 4.11. The van der Waals surface area contributed by atoms with Gasteiger partial charge in [-0.1, -0.05) is 17.8 Å². The molecule has 146 valence electrons. The van der Waals surface area contributed by atoms with Gasteiger partial charge in [-0.2, -0.15) is 0 Å². The molecule has 4 heterocycles. The molecule has 2 fully saturated rings. The van der Waals surface area contributed by atoms with Crippen LogP contribution in [0.1, 0.15) is 49.4 Å². The summed E-state index contributed by atoms with van der Waals surface area (Å²) in [5.74, 6) is 1.64. The van der Waals surface area contributed by atoms with Gasteiger partial charge in [-0.05, 0) is 50.7 Å². The van der Waals surface area contributed by atoms with Gasteiger partial charge in [-0.3, -0.25) is 13.8 Å². The van der Waals surface area contributed by atoms with Crippen LogP contribution in [-0.2, 0) is 5.75 Å². The molecule has 1 aliphatic heterocycles. The first-order valence-corrected chi connectivity index (χ1v) is 11.0. The van der Waals surface area contributed by atoms with Gasteiger partial charge in [-0.15, -0.1) is 10.2 Å². The van der Waals surface area contributed by atoms with E-state index in [9.17, 15) is 4.79 Å². The molecule has 0 atom stereocenters. The Hall–Kier alpha value is -2.35. The molecule has 0 N–H and O–H groups in total. The van der Waals surface area contributed by atoms with Gasteiger partial charge in [0.1, 0.15) is 5.65 Å². The van der Waals surface area contributed by atoms with Crippen LogP contribution in [0.25, 0.3) is 5.65 Å². The number of aromatic nitrogens is 5. The number of fused-ring (bicyclic) bond motifs is 1. The fraction of sp³-hybridized carbons (Fsp3) is 0.500. The Morgan fingerprint density at radius 3 is 2.79 bits per heavy atom. The molecule has 0 aromatic carbocycles. The van der Waals surface area contributed by atoms with E-state index in [0.29, 0.717) is 11.8 Å². The van der Waals surface area contributed by atoms with Crippen LogP contribution in [-0.4, -0.2) is 37.2 Å². The monoisotopic (exact) mass is 396 g/mol. The van der Waals surface area contributed by atoms with Crippen molar-refractivity contribution in [3.8, 4) is 0 Å². The summed E-state index contributed by atoms with van der Waals surface area (Å²) in [5.41, 5.74) is 2.47. The van der Waals surface area contributed by atoms with Gasteiger partial charge < -0.3 is 4.90 Å². The molecule has 28 heavy (non-hydrogen) atoms. The zero-order valence-corrected chi connectivity index (χ0v) is 16.9. The number of hydrogen-bond acceptors (Lipinski definition) is 6. The van der Waals surface area contributed by atoms with E-state index < -0.39 is 0 Å². The van der Waals surface area contributed by atoms with Crippen LogP contribution in [0.15, 0.2) is 34.3 Å². The topological polar surface area (TPSA) is 68.3 Å². The number of aryl methyl sites for hydroxylation is 1. The van der Waals surface area contributed by atoms with Gasteiger partial charge in [-0.25, -0.2) is 4.98 Å². The minimum Gasteiger partial charge on any atom is -0.341 e. The standard InChI is InChI=1S/C20H24N6OS/c1-14-6-5-11-25-17(27)12-15(21-18(14)25)13-28-20-23-22-19(26(20)16-7-8-16)24-9-3-2-4-10-24/h5-6,11-12,16H,2-4,7-10,13H2,1H3. The molecule has 1 aliphatic carbocycles. The van der Waals surface area contributed by atoms with E-state index >= 15 is 0 Å². The first kappa shape index (κ1) is 17.7. The van der Waals surface area contributed by atoms with E-state index in [4.69, 9.17) is 4.98 Å². The van der Waals surface area contributed by atoms with Crippen LogP contribution < -0.4 is 10.5 Å². The number of thioether (sulfide) groups is 1. The van der Waals surface area contributed by atoms with Crippen LogP contribution in [0.3, 0.4) is 0 Å². The third-order valence-corrected chi connectivity index (χ3v) is 6.46. The Kier molecular flexibility index (Phi) is 4.58. The highest BCUT2D eigenvalue weighted by atomic mass is 32.2. The molecule has 1 saturated heterocycles. The van der Waals surface area contributed by atoms with Crippen LogP contribution in [0, 0.1) is 6.92 Å². The normalized spacial score (nSPS) is 17.4. The number of hydrogen-bond donors (Lipinski definition) is 0. The molecule has 7 nitrogen and oxygen atoms in total. The predicted molar refractivity (Wildman–Crippen MR) is 110 cm³/mol. The van der Waals surface area contributed by atoms with Crippen LogP contribution in [0.2, 0.25) is 0 Å². The molecule has 3 aromatic heterocycles. The molecular formula is C20H24N6OS. The van der Waals surface area contributed by atoms with Gasteiger partial charge >= 0.3 is 0 Å². The first-order valence-electron chi connectivity index (χ1n) is 10.0. The Bertz CT molecular complexity index is 1060. The number of pyridine rings is 1. The second-order valence-electron chi connectivity index (χ2n) is 7.69. The summed E-state index contributed by atoms with van der Waals surface area (Å²) < 4.78 is 3.92. The Balaban J connectivity index is 1.41. The number of nitrogens with zero attached hydrogens (tertiary/aromatic N) is 6. The predicted octanol–water partition coefficient (Wildman–Crippen LogP) is 3.21. The molecule has 0 amide bonds. The third-order valence-electron chi connectivity index (χ3n) is 5.49. The minimum absolute atomic E-state index is 0.0398. The van der Waals surface area contributed by atoms with Gasteiger partial charge in [0.05, 0.1) is 5.69 Å². The average Bonchev–Trinajstić information content (AvgIpc) is 3.47. The van der Waals surface area contributed by atoms with Gasteiger partial charge in [0.15, 0.2) is 5.16 Å². The van der Waals surface area contributed by atoms with Gasteiger partial charge in [0.2, 0.25) is 5.95 Å². The van der Waals surface area contributed by atoms with Gasteiger partial charge in [0.25, 0.3) is 5.56 Å². The molecule has 8 heteroatoms. The van der Waals surface area contributed by atoms with E-state index in [-0.39, 0.29) is 5.56 Å². The molecule has 5 rings (SSSR count). The van der Waals surface area contributed by atoms with Crippen molar-refractivity contribution < 1.29 is 0 Å². The molecule has 3 aromatic rings. The van der Waals surface area contributed by atoms with Crippen molar-refractivity contribution >= 4 is 23.4 Å². The largest absolute Gasteiger partial charge is 0.341 e. The molecule has 0 bridgehead atoms. The van der Waals surface area contributed by atoms with Crippen molar-refractivity contribution in [3.05, 3.63) is 46.0 Å². The Morgan fingerprint density at radius 1 is 1.18 bits per heavy atom. The molecule has 0 radical (unpaired) electrons. The fourth-order valence-electron chi connectivity index (χ4n) is 3.85. The first-order chi connectivity index (χ1) is 13.7. The highest BCUT2D eigenvalue weighted by Gasteiger charge is 2.32. The van der Waals surface area contributed by atoms with E-state index in [1.165, 1.54) is 32.1 Å². The minimum atomic E-state index is -0.0398. The summed E-state index contributed by atoms with van der Waals surface area (Å²) in [4.78, 5) is 19.5. The maximum atomic E-state index is 12.4. The average molecular weight is 397 g/mol. The smallest absolute Gasteiger partial charge is 0.258 e. The number of piperidine rings is 1. The second kappa shape index (κ2) is 7.24. The molecule has 1 saturated carbocycles. The maximum absolute atomic E-state index is 12.4. The van der Waals surface area contributed by atoms with Crippen molar-refractivity contribution in [2.45, 2.75) is 56.0 Å². The number of rotatable bonds is 5. The highest BCUT2D eigenvalue weighted by molar-refractivity contribution is 7.98. The third kappa shape index (κ3) is 3.30. The van der Waals surface area contributed by atoms with Crippen molar-refractivity contribution in [1.82, 2.24) is 24.1 Å². The highest BCUT2D eigenvalue weighted by Crippen LogP contribution is 2.41. The summed E-state index contributed by atoms with van der Waals surface area (Å²) in [6, 6.07) is 6.00. The molecular weight excluding hydrogens is 372 g/mol. The lowest BCUT2D eigenvalue weighted by atomic mass is 10.1. The SMILES string of the molecule is Cc1cccn2c(=O)cc(CSc3nnc(N4CCCCC4)n3C3CC3)nc12. The van der Waals surface area contributed by atoms with Crippen molar-refractivity contribution in [3.63, 3.8) is 0 Å². The fourth-order valence-corrected chi connectivity index (χ4v) is 4.74. The molecule has 0 unspecified atom stereocenters.